The van der Waals surface area contributed by atoms with Crippen LogP contribution in [0.1, 0.15) is 22.3 Å². The predicted molar refractivity (Wildman–Crippen MR) is 135 cm³/mol. The molecular weight excluding hydrogens is 442 g/mol. The molecule has 0 bridgehead atoms. The monoisotopic (exact) mass is 467 g/mol. The minimum atomic E-state index is -0.505. The summed E-state index contributed by atoms with van der Waals surface area (Å²) in [5.74, 6) is 1.33. The molecule has 0 unspecified atom stereocenters. The van der Waals surface area contributed by atoms with Gasteiger partial charge in [-0.25, -0.2) is 0 Å². The molecule has 4 rings (SSSR count). The molecule has 0 radical (unpaired) electrons. The molecule has 0 spiro atoms. The first kappa shape index (κ1) is 23.6. The van der Waals surface area contributed by atoms with Gasteiger partial charge in [0.15, 0.2) is 11.5 Å². The highest BCUT2D eigenvalue weighted by Crippen LogP contribution is 2.40. The van der Waals surface area contributed by atoms with E-state index in [-0.39, 0.29) is 0 Å². The van der Waals surface area contributed by atoms with Crippen LogP contribution < -0.4 is 14.2 Å². The molecule has 0 saturated carbocycles. The number of rotatable bonds is 11. The molecule has 4 aromatic rings. The third kappa shape index (κ3) is 7.20. The van der Waals surface area contributed by atoms with Gasteiger partial charge in [-0.1, -0.05) is 91.0 Å². The fourth-order valence-corrected chi connectivity index (χ4v) is 3.40. The summed E-state index contributed by atoms with van der Waals surface area (Å²) in [6.45, 7) is 0.931. The van der Waals surface area contributed by atoms with Gasteiger partial charge in [-0.05, 0) is 34.4 Å². The van der Waals surface area contributed by atoms with E-state index >= 15 is 0 Å². The average Bonchev–Trinajstić information content (AvgIpc) is 2.90. The maximum Gasteiger partial charge on any atom is 0.235 e. The molecule has 0 aliphatic heterocycles. The van der Waals surface area contributed by atoms with Crippen molar-refractivity contribution in [3.63, 3.8) is 0 Å². The van der Waals surface area contributed by atoms with E-state index in [1.165, 1.54) is 6.08 Å². The van der Waals surface area contributed by atoms with Crippen molar-refractivity contribution in [2.75, 3.05) is 0 Å². The van der Waals surface area contributed by atoms with Crippen LogP contribution in [0.5, 0.6) is 17.2 Å². The Hall–Kier alpha value is -4.58. The maximum absolute atomic E-state index is 10.9. The zero-order valence-electron chi connectivity index (χ0n) is 19.1. The largest absolute Gasteiger partial charge is 0.485 e. The zero-order valence-corrected chi connectivity index (χ0v) is 19.1. The van der Waals surface area contributed by atoms with E-state index < -0.39 is 4.92 Å². The first-order valence-electron chi connectivity index (χ1n) is 11.2. The summed E-state index contributed by atoms with van der Waals surface area (Å²) in [7, 11) is 0. The van der Waals surface area contributed by atoms with Gasteiger partial charge in [0.2, 0.25) is 11.9 Å². The van der Waals surface area contributed by atoms with Gasteiger partial charge < -0.3 is 14.2 Å². The average molecular weight is 468 g/mol. The fraction of sp³-hybridized carbons (Fsp3) is 0.103. The lowest BCUT2D eigenvalue weighted by Gasteiger charge is -2.18. The van der Waals surface area contributed by atoms with Gasteiger partial charge in [0.1, 0.15) is 19.8 Å². The van der Waals surface area contributed by atoms with E-state index in [4.69, 9.17) is 14.2 Å². The van der Waals surface area contributed by atoms with Crippen LogP contribution in [-0.4, -0.2) is 4.92 Å². The van der Waals surface area contributed by atoms with E-state index in [0.717, 1.165) is 22.9 Å². The van der Waals surface area contributed by atoms with E-state index in [0.29, 0.717) is 42.6 Å². The van der Waals surface area contributed by atoms with E-state index in [1.54, 1.807) is 12.1 Å². The van der Waals surface area contributed by atoms with Crippen LogP contribution in [-0.2, 0) is 19.8 Å². The van der Waals surface area contributed by atoms with Crippen molar-refractivity contribution < 1.29 is 19.1 Å². The van der Waals surface area contributed by atoms with Gasteiger partial charge in [-0.3, -0.25) is 10.1 Å². The lowest BCUT2D eigenvalue weighted by Crippen LogP contribution is -2.04. The molecule has 0 N–H and O–H groups in total. The van der Waals surface area contributed by atoms with E-state index in [9.17, 15) is 10.1 Å². The highest BCUT2D eigenvalue weighted by Gasteiger charge is 2.16. The summed E-state index contributed by atoms with van der Waals surface area (Å²) in [6, 6.07) is 32.7. The standard InChI is InChI=1S/C29H25NO5/c31-30(32)17-16-26-18-27(33-20-23-10-4-1-5-11-23)29(35-22-25-14-8-3-9-15-25)28(19-26)34-21-24-12-6-2-7-13-24/h1-19H,20-22H2/b17-16+. The highest BCUT2D eigenvalue weighted by atomic mass is 16.6. The number of hydrogen-bond donors (Lipinski definition) is 0. The maximum atomic E-state index is 10.9. The van der Waals surface area contributed by atoms with E-state index in [2.05, 4.69) is 0 Å². The number of nitro groups is 1. The first-order chi connectivity index (χ1) is 17.2. The predicted octanol–water partition coefficient (Wildman–Crippen LogP) is 6.67. The molecular formula is C29H25NO5. The summed E-state index contributed by atoms with van der Waals surface area (Å²) in [5.41, 5.74) is 3.53. The van der Waals surface area contributed by atoms with Crippen LogP contribution in [0.3, 0.4) is 0 Å². The van der Waals surface area contributed by atoms with E-state index in [1.807, 2.05) is 91.0 Å². The third-order valence-electron chi connectivity index (χ3n) is 5.13. The SMILES string of the molecule is O=[N+]([O-])/C=C/c1cc(OCc2ccccc2)c(OCc2ccccc2)c(OCc2ccccc2)c1. The third-order valence-corrected chi connectivity index (χ3v) is 5.13. The Morgan fingerprint density at radius 1 is 0.629 bits per heavy atom. The summed E-state index contributed by atoms with van der Waals surface area (Å²) < 4.78 is 18.5. The quantitative estimate of drug-likeness (QED) is 0.182. The Balaban J connectivity index is 1.68. The molecule has 176 valence electrons. The first-order valence-corrected chi connectivity index (χ1v) is 11.2. The Kier molecular flexibility index (Phi) is 8.11. The van der Waals surface area contributed by atoms with Crippen LogP contribution in [0.4, 0.5) is 0 Å². The van der Waals surface area contributed by atoms with Crippen molar-refractivity contribution in [3.8, 4) is 17.2 Å². The summed E-state index contributed by atoms with van der Waals surface area (Å²) >= 11 is 0. The summed E-state index contributed by atoms with van der Waals surface area (Å²) in [5, 5.41) is 10.9. The molecule has 0 heterocycles. The van der Waals surface area contributed by atoms with Crippen LogP contribution in [0.2, 0.25) is 0 Å². The number of hydrogen-bond acceptors (Lipinski definition) is 5. The topological polar surface area (TPSA) is 70.8 Å². The Morgan fingerprint density at radius 3 is 1.43 bits per heavy atom. The van der Waals surface area contributed by atoms with Crippen molar-refractivity contribution in [1.82, 2.24) is 0 Å². The lowest BCUT2D eigenvalue weighted by atomic mass is 10.1. The second-order valence-electron chi connectivity index (χ2n) is 7.77. The van der Waals surface area contributed by atoms with Crippen molar-refractivity contribution in [1.29, 1.82) is 0 Å². The smallest absolute Gasteiger partial charge is 0.235 e. The Labute approximate surface area is 204 Å². The fourth-order valence-electron chi connectivity index (χ4n) is 3.40. The minimum Gasteiger partial charge on any atom is -0.485 e. The second-order valence-corrected chi connectivity index (χ2v) is 7.77. The molecule has 0 amide bonds. The van der Waals surface area contributed by atoms with Crippen molar-refractivity contribution >= 4 is 6.08 Å². The molecule has 0 saturated heterocycles. The number of ether oxygens (including phenoxy) is 3. The Morgan fingerprint density at radius 2 is 1.03 bits per heavy atom. The molecule has 6 heteroatoms. The van der Waals surface area contributed by atoms with Crippen molar-refractivity contribution in [2.24, 2.45) is 0 Å². The van der Waals surface area contributed by atoms with Gasteiger partial charge >= 0.3 is 0 Å². The molecule has 0 aromatic heterocycles. The van der Waals surface area contributed by atoms with Crippen LogP contribution in [0, 0.1) is 10.1 Å². The lowest BCUT2D eigenvalue weighted by molar-refractivity contribution is -0.400. The molecule has 4 aromatic carbocycles. The van der Waals surface area contributed by atoms with Gasteiger partial charge in [0, 0.05) is 6.08 Å². The van der Waals surface area contributed by atoms with Gasteiger partial charge in [0.05, 0.1) is 4.92 Å². The zero-order chi connectivity index (χ0) is 24.3. The second kappa shape index (κ2) is 12.0. The minimum absolute atomic E-state index is 0.309. The number of benzene rings is 4. The van der Waals surface area contributed by atoms with Crippen LogP contribution in [0.25, 0.3) is 6.08 Å². The van der Waals surface area contributed by atoms with Crippen LogP contribution in [0.15, 0.2) is 109 Å². The molecule has 0 aliphatic carbocycles. The molecule has 0 aliphatic rings. The normalized spacial score (nSPS) is 10.7. The Bertz CT molecular complexity index is 1190. The van der Waals surface area contributed by atoms with Gasteiger partial charge in [0.25, 0.3) is 0 Å². The molecule has 0 fully saturated rings. The van der Waals surface area contributed by atoms with Crippen molar-refractivity contribution in [3.05, 3.63) is 142 Å². The molecule has 0 atom stereocenters. The van der Waals surface area contributed by atoms with Gasteiger partial charge in [-0.2, -0.15) is 0 Å². The van der Waals surface area contributed by atoms with Crippen LogP contribution >= 0.6 is 0 Å². The highest BCUT2D eigenvalue weighted by molar-refractivity contribution is 5.62. The number of nitrogens with zero attached hydrogens (tertiary/aromatic N) is 1. The summed E-state index contributed by atoms with van der Waals surface area (Å²) in [4.78, 5) is 10.4. The molecule has 6 nitrogen and oxygen atoms in total. The van der Waals surface area contributed by atoms with Crippen molar-refractivity contribution in [2.45, 2.75) is 19.8 Å². The van der Waals surface area contributed by atoms with Gasteiger partial charge in [-0.15, -0.1) is 0 Å². The summed E-state index contributed by atoms with van der Waals surface area (Å²) in [6.07, 6.45) is 2.30. The molecule has 35 heavy (non-hydrogen) atoms.